The molecule has 0 aromatic rings. The molecule has 1 spiro atoms. The molecule has 2 aliphatic carbocycles. The van der Waals surface area contributed by atoms with E-state index in [9.17, 15) is 8.42 Å². The van der Waals surface area contributed by atoms with Crippen molar-refractivity contribution in [3.05, 3.63) is 0 Å². The minimum Gasteiger partial charge on any atom is -0.381 e. The van der Waals surface area contributed by atoms with Crippen LogP contribution in [-0.4, -0.2) is 27.4 Å². The van der Waals surface area contributed by atoms with E-state index in [4.69, 9.17) is 15.4 Å². The average molecular weight is 267 g/mol. The van der Waals surface area contributed by atoms with Gasteiger partial charge < -0.3 is 4.74 Å². The largest absolute Gasteiger partial charge is 0.381 e. The number of rotatable bonds is 3. The summed E-state index contributed by atoms with van der Waals surface area (Å²) in [4.78, 5) is 0. The van der Waals surface area contributed by atoms with Gasteiger partial charge in [0.05, 0.1) is 11.9 Å². The summed E-state index contributed by atoms with van der Waals surface area (Å²) in [5.74, 6) is 0.424. The molecule has 5 heteroatoms. The monoisotopic (exact) mass is 266 g/mol. The van der Waals surface area contributed by atoms with Crippen molar-refractivity contribution in [1.82, 2.24) is 0 Å². The fraction of sp³-hybridized carbons (Fsp3) is 1.00. The molecule has 2 saturated carbocycles. The lowest BCUT2D eigenvalue weighted by Crippen LogP contribution is -2.44. The lowest BCUT2D eigenvalue weighted by Gasteiger charge is -2.50. The summed E-state index contributed by atoms with van der Waals surface area (Å²) in [6, 6.07) is 0. The standard InChI is InChI=1S/C11H19ClO3S/c1-15-10-6-11(7-10)4-2-9(3-5-11)8-16(12,13)14/h9-10H,2-8H2,1H3. The highest BCUT2D eigenvalue weighted by Gasteiger charge is 2.46. The summed E-state index contributed by atoms with van der Waals surface area (Å²) in [5, 5.41) is 0. The van der Waals surface area contributed by atoms with Crippen LogP contribution in [0.25, 0.3) is 0 Å². The van der Waals surface area contributed by atoms with Crippen LogP contribution in [0.1, 0.15) is 38.5 Å². The van der Waals surface area contributed by atoms with Gasteiger partial charge >= 0.3 is 0 Å². The highest BCUT2D eigenvalue weighted by atomic mass is 35.7. The third-order valence-electron chi connectivity index (χ3n) is 4.26. The quantitative estimate of drug-likeness (QED) is 0.738. The van der Waals surface area contributed by atoms with Gasteiger partial charge in [-0.15, -0.1) is 0 Å². The van der Waals surface area contributed by atoms with E-state index in [1.54, 1.807) is 7.11 Å². The number of hydrogen-bond acceptors (Lipinski definition) is 3. The van der Waals surface area contributed by atoms with Gasteiger partial charge in [0.2, 0.25) is 9.05 Å². The van der Waals surface area contributed by atoms with Crippen LogP contribution in [0, 0.1) is 11.3 Å². The molecule has 0 N–H and O–H groups in total. The summed E-state index contributed by atoms with van der Waals surface area (Å²) >= 11 is 0. The fourth-order valence-corrected chi connectivity index (χ4v) is 4.65. The van der Waals surface area contributed by atoms with Crippen LogP contribution < -0.4 is 0 Å². The first-order chi connectivity index (χ1) is 7.42. The van der Waals surface area contributed by atoms with E-state index >= 15 is 0 Å². The van der Waals surface area contributed by atoms with Gasteiger partial charge in [-0.3, -0.25) is 0 Å². The Hall–Kier alpha value is 0.200. The third kappa shape index (κ3) is 2.90. The van der Waals surface area contributed by atoms with E-state index in [1.807, 2.05) is 0 Å². The van der Waals surface area contributed by atoms with E-state index < -0.39 is 9.05 Å². The van der Waals surface area contributed by atoms with Crippen LogP contribution in [0.15, 0.2) is 0 Å². The van der Waals surface area contributed by atoms with Crippen LogP contribution >= 0.6 is 10.7 Å². The second kappa shape index (κ2) is 4.46. The first kappa shape index (κ1) is 12.7. The lowest BCUT2D eigenvalue weighted by atomic mass is 9.58. The number of ether oxygens (including phenoxy) is 1. The van der Waals surface area contributed by atoms with Crippen molar-refractivity contribution in [2.75, 3.05) is 12.9 Å². The van der Waals surface area contributed by atoms with Crippen LogP contribution in [0.2, 0.25) is 0 Å². The van der Waals surface area contributed by atoms with E-state index in [0.29, 0.717) is 11.5 Å². The second-order valence-electron chi connectivity index (χ2n) is 5.41. The first-order valence-electron chi connectivity index (χ1n) is 5.88. The van der Waals surface area contributed by atoms with Gasteiger partial charge in [-0.1, -0.05) is 0 Å². The fourth-order valence-electron chi connectivity index (χ4n) is 3.22. The molecule has 2 rings (SSSR count). The Morgan fingerprint density at radius 1 is 1.31 bits per heavy atom. The molecule has 0 aromatic heterocycles. The molecule has 0 amide bonds. The third-order valence-corrected chi connectivity index (χ3v) is 5.50. The van der Waals surface area contributed by atoms with Crippen molar-refractivity contribution in [2.24, 2.45) is 11.3 Å². The first-order valence-corrected chi connectivity index (χ1v) is 8.35. The average Bonchev–Trinajstić information content (AvgIpc) is 2.13. The lowest BCUT2D eigenvalue weighted by molar-refractivity contribution is -0.0819. The highest BCUT2D eigenvalue weighted by Crippen LogP contribution is 2.53. The molecule has 0 heterocycles. The van der Waals surface area contributed by atoms with E-state index in [2.05, 4.69) is 0 Å². The maximum absolute atomic E-state index is 11.0. The number of hydrogen-bond donors (Lipinski definition) is 0. The van der Waals surface area contributed by atoms with E-state index in [0.717, 1.165) is 38.5 Å². The van der Waals surface area contributed by atoms with Crippen LogP contribution in [-0.2, 0) is 13.8 Å². The van der Waals surface area contributed by atoms with Crippen molar-refractivity contribution in [3.8, 4) is 0 Å². The maximum atomic E-state index is 11.0. The maximum Gasteiger partial charge on any atom is 0.232 e. The molecule has 0 unspecified atom stereocenters. The smallest absolute Gasteiger partial charge is 0.232 e. The minimum atomic E-state index is -3.32. The van der Waals surface area contributed by atoms with E-state index in [1.165, 1.54) is 0 Å². The molecule has 16 heavy (non-hydrogen) atoms. The SMILES string of the molecule is COC1CC2(CCC(CS(=O)(=O)Cl)CC2)C1. The molecule has 2 fully saturated rings. The number of halogens is 1. The molecule has 94 valence electrons. The Kier molecular flexibility index (Phi) is 3.53. The molecular weight excluding hydrogens is 248 g/mol. The Morgan fingerprint density at radius 3 is 2.31 bits per heavy atom. The molecule has 0 aliphatic heterocycles. The molecule has 0 bridgehead atoms. The predicted molar refractivity (Wildman–Crippen MR) is 64.1 cm³/mol. The predicted octanol–water partition coefficient (Wildman–Crippen LogP) is 2.54. The van der Waals surface area contributed by atoms with Gasteiger partial charge in [0.25, 0.3) is 0 Å². The van der Waals surface area contributed by atoms with Gasteiger partial charge in [0, 0.05) is 17.8 Å². The van der Waals surface area contributed by atoms with E-state index in [-0.39, 0.29) is 11.7 Å². The normalized spacial score (nSPS) is 39.6. The van der Waals surface area contributed by atoms with Crippen LogP contribution in [0.5, 0.6) is 0 Å². The zero-order valence-corrected chi connectivity index (χ0v) is 11.2. The van der Waals surface area contributed by atoms with Gasteiger partial charge in [-0.05, 0) is 49.9 Å². The summed E-state index contributed by atoms with van der Waals surface area (Å²) in [5.41, 5.74) is 0.466. The molecule has 2 aliphatic rings. The van der Waals surface area contributed by atoms with Gasteiger partial charge in [-0.2, -0.15) is 0 Å². The molecule has 0 aromatic carbocycles. The van der Waals surface area contributed by atoms with Crippen molar-refractivity contribution in [2.45, 2.75) is 44.6 Å². The molecule has 0 saturated heterocycles. The van der Waals surface area contributed by atoms with Gasteiger partial charge in [0.1, 0.15) is 0 Å². The second-order valence-corrected chi connectivity index (χ2v) is 8.24. The van der Waals surface area contributed by atoms with Crippen molar-refractivity contribution in [3.63, 3.8) is 0 Å². The minimum absolute atomic E-state index is 0.151. The zero-order chi connectivity index (χ0) is 11.8. The topological polar surface area (TPSA) is 43.4 Å². The summed E-state index contributed by atoms with van der Waals surface area (Å²) in [6.07, 6.45) is 7.04. The Bertz CT molecular complexity index is 336. The van der Waals surface area contributed by atoms with Crippen molar-refractivity contribution in [1.29, 1.82) is 0 Å². The Morgan fingerprint density at radius 2 is 1.88 bits per heavy atom. The Balaban J connectivity index is 1.80. The summed E-state index contributed by atoms with van der Waals surface area (Å²) < 4.78 is 27.3. The summed E-state index contributed by atoms with van der Waals surface area (Å²) in [7, 11) is 3.73. The van der Waals surface area contributed by atoms with Crippen LogP contribution in [0.3, 0.4) is 0 Å². The van der Waals surface area contributed by atoms with Crippen molar-refractivity contribution < 1.29 is 13.2 Å². The zero-order valence-electron chi connectivity index (χ0n) is 9.62. The summed E-state index contributed by atoms with van der Waals surface area (Å²) in [6.45, 7) is 0. The number of methoxy groups -OCH3 is 1. The van der Waals surface area contributed by atoms with Gasteiger partial charge in [-0.25, -0.2) is 8.42 Å². The van der Waals surface area contributed by atoms with Gasteiger partial charge in [0.15, 0.2) is 0 Å². The molecule has 0 atom stereocenters. The molecule has 0 radical (unpaired) electrons. The highest BCUT2D eigenvalue weighted by molar-refractivity contribution is 8.13. The molecular formula is C11H19ClO3S. The van der Waals surface area contributed by atoms with Crippen molar-refractivity contribution >= 4 is 19.7 Å². The van der Waals surface area contributed by atoms with Crippen LogP contribution in [0.4, 0.5) is 0 Å². The Labute approximate surface area is 102 Å². The molecule has 3 nitrogen and oxygen atoms in total.